The first kappa shape index (κ1) is 19.3. The third kappa shape index (κ3) is 3.94. The normalized spacial score (nSPS) is 19.9. The number of carbonyl (C=O) groups is 1. The highest BCUT2D eigenvalue weighted by Gasteiger charge is 2.32. The summed E-state index contributed by atoms with van der Waals surface area (Å²) in [6.45, 7) is 6.57. The van der Waals surface area contributed by atoms with E-state index in [1.54, 1.807) is 10.4 Å². The minimum absolute atomic E-state index is 0.0155. The fourth-order valence-corrected chi connectivity index (χ4v) is 5.22. The van der Waals surface area contributed by atoms with Crippen LogP contribution in [0.15, 0.2) is 23.1 Å². The Hall–Kier alpha value is -1.44. The maximum atomic E-state index is 13.0. The van der Waals surface area contributed by atoms with Gasteiger partial charge in [-0.05, 0) is 55.9 Å². The minimum Gasteiger partial charge on any atom is -0.355 e. The van der Waals surface area contributed by atoms with Crippen LogP contribution in [0.2, 0.25) is 0 Å². The van der Waals surface area contributed by atoms with E-state index in [2.05, 4.69) is 10.2 Å². The SMILES string of the molecule is CCCNC(=O)C(C)N1CCN(S(=O)(=O)c2ccc3c(c2)CCC3)CC1. The number of benzene rings is 1. The van der Waals surface area contributed by atoms with Gasteiger partial charge in [-0.15, -0.1) is 0 Å². The Labute approximate surface area is 156 Å². The third-order valence-electron chi connectivity index (χ3n) is 5.46. The van der Waals surface area contributed by atoms with Crippen LogP contribution in [-0.4, -0.2) is 62.3 Å². The molecule has 0 aromatic heterocycles. The van der Waals surface area contributed by atoms with Crippen LogP contribution in [0.5, 0.6) is 0 Å². The van der Waals surface area contributed by atoms with Gasteiger partial charge in [0.25, 0.3) is 0 Å². The maximum Gasteiger partial charge on any atom is 0.243 e. The lowest BCUT2D eigenvalue weighted by Gasteiger charge is -2.36. The molecule has 1 aliphatic carbocycles. The van der Waals surface area contributed by atoms with Gasteiger partial charge in [0.2, 0.25) is 15.9 Å². The van der Waals surface area contributed by atoms with Crippen molar-refractivity contribution < 1.29 is 13.2 Å². The van der Waals surface area contributed by atoms with Gasteiger partial charge in [0.1, 0.15) is 0 Å². The van der Waals surface area contributed by atoms with Crippen LogP contribution in [0.3, 0.4) is 0 Å². The highest BCUT2D eigenvalue weighted by atomic mass is 32.2. The summed E-state index contributed by atoms with van der Waals surface area (Å²) in [5.74, 6) is 0.0155. The van der Waals surface area contributed by atoms with Crippen LogP contribution >= 0.6 is 0 Å². The van der Waals surface area contributed by atoms with Crippen molar-refractivity contribution in [3.63, 3.8) is 0 Å². The first-order valence-corrected chi connectivity index (χ1v) is 11.0. The van der Waals surface area contributed by atoms with E-state index >= 15 is 0 Å². The number of fused-ring (bicyclic) bond motifs is 1. The average molecular weight is 380 g/mol. The Morgan fingerprint density at radius 2 is 1.85 bits per heavy atom. The summed E-state index contributed by atoms with van der Waals surface area (Å²) in [5.41, 5.74) is 2.45. The van der Waals surface area contributed by atoms with Crippen LogP contribution < -0.4 is 5.32 Å². The second kappa shape index (κ2) is 8.06. The first-order chi connectivity index (χ1) is 12.4. The largest absolute Gasteiger partial charge is 0.355 e. The smallest absolute Gasteiger partial charge is 0.243 e. The number of amides is 1. The second-order valence-corrected chi connectivity index (χ2v) is 9.13. The van der Waals surface area contributed by atoms with Crippen LogP contribution in [-0.2, 0) is 27.7 Å². The standard InChI is InChI=1S/C19H29N3O3S/c1-3-9-20-19(23)15(2)21-10-12-22(13-11-21)26(24,25)18-8-7-16-5-4-6-17(16)14-18/h7-8,14-15H,3-6,9-13H2,1-2H3,(H,20,23). The molecular weight excluding hydrogens is 350 g/mol. The predicted octanol–water partition coefficient (Wildman–Crippen LogP) is 1.40. The van der Waals surface area contributed by atoms with Crippen LogP contribution in [0.4, 0.5) is 0 Å². The number of piperazine rings is 1. The molecule has 26 heavy (non-hydrogen) atoms. The zero-order valence-electron chi connectivity index (χ0n) is 15.7. The molecule has 1 amide bonds. The van der Waals surface area contributed by atoms with Gasteiger partial charge >= 0.3 is 0 Å². The van der Waals surface area contributed by atoms with Crippen LogP contribution in [0, 0.1) is 0 Å². The van der Waals surface area contributed by atoms with Crippen molar-refractivity contribution >= 4 is 15.9 Å². The highest BCUT2D eigenvalue weighted by molar-refractivity contribution is 7.89. The van der Waals surface area contributed by atoms with E-state index < -0.39 is 10.0 Å². The second-order valence-electron chi connectivity index (χ2n) is 7.19. The van der Waals surface area contributed by atoms with Gasteiger partial charge in [-0.25, -0.2) is 8.42 Å². The highest BCUT2D eigenvalue weighted by Crippen LogP contribution is 2.26. The van der Waals surface area contributed by atoms with E-state index in [4.69, 9.17) is 0 Å². The summed E-state index contributed by atoms with van der Waals surface area (Å²) in [7, 11) is -3.46. The van der Waals surface area contributed by atoms with Crippen molar-refractivity contribution in [1.29, 1.82) is 0 Å². The average Bonchev–Trinajstić information content (AvgIpc) is 3.13. The number of aryl methyl sites for hydroxylation is 2. The number of rotatable bonds is 6. The molecule has 1 aromatic rings. The molecule has 0 saturated carbocycles. The van der Waals surface area contributed by atoms with Crippen molar-refractivity contribution in [2.45, 2.75) is 50.5 Å². The van der Waals surface area contributed by atoms with E-state index in [0.717, 1.165) is 25.7 Å². The van der Waals surface area contributed by atoms with Crippen molar-refractivity contribution in [3.8, 4) is 0 Å². The lowest BCUT2D eigenvalue weighted by molar-refractivity contribution is -0.126. The lowest BCUT2D eigenvalue weighted by atomic mass is 10.1. The Kier molecular flexibility index (Phi) is 5.99. The molecule has 1 heterocycles. The molecule has 1 atom stereocenters. The van der Waals surface area contributed by atoms with Gasteiger partial charge in [0.15, 0.2) is 0 Å². The number of carbonyl (C=O) groups excluding carboxylic acids is 1. The molecule has 7 heteroatoms. The van der Waals surface area contributed by atoms with Gasteiger partial charge in [-0.3, -0.25) is 9.69 Å². The number of hydrogen-bond acceptors (Lipinski definition) is 4. The molecule has 1 aromatic carbocycles. The topological polar surface area (TPSA) is 69.7 Å². The summed E-state index contributed by atoms with van der Waals surface area (Å²) in [6.07, 6.45) is 4.03. The third-order valence-corrected chi connectivity index (χ3v) is 7.35. The number of nitrogens with zero attached hydrogens (tertiary/aromatic N) is 2. The van der Waals surface area contributed by atoms with E-state index in [1.807, 2.05) is 26.0 Å². The molecule has 6 nitrogen and oxygen atoms in total. The fourth-order valence-electron chi connectivity index (χ4n) is 3.75. The first-order valence-electron chi connectivity index (χ1n) is 9.57. The lowest BCUT2D eigenvalue weighted by Crippen LogP contribution is -2.54. The summed E-state index contributed by atoms with van der Waals surface area (Å²) in [4.78, 5) is 14.6. The minimum atomic E-state index is -3.46. The van der Waals surface area contributed by atoms with Crippen molar-refractivity contribution in [2.24, 2.45) is 0 Å². The molecule has 1 saturated heterocycles. The molecule has 1 fully saturated rings. The molecule has 0 radical (unpaired) electrons. The van der Waals surface area contributed by atoms with Crippen LogP contribution in [0.1, 0.15) is 37.8 Å². The van der Waals surface area contributed by atoms with Gasteiger partial charge in [0, 0.05) is 32.7 Å². The quantitative estimate of drug-likeness (QED) is 0.811. The molecule has 3 rings (SSSR count). The molecule has 2 aliphatic rings. The van der Waals surface area contributed by atoms with E-state index in [0.29, 0.717) is 37.6 Å². The Morgan fingerprint density at radius 1 is 1.15 bits per heavy atom. The van der Waals surface area contributed by atoms with Crippen molar-refractivity contribution in [1.82, 2.24) is 14.5 Å². The van der Waals surface area contributed by atoms with Crippen molar-refractivity contribution in [2.75, 3.05) is 32.7 Å². The number of hydrogen-bond donors (Lipinski definition) is 1. The molecule has 0 spiro atoms. The molecule has 1 unspecified atom stereocenters. The Bertz CT molecular complexity index is 755. The fraction of sp³-hybridized carbons (Fsp3) is 0.632. The molecule has 1 N–H and O–H groups in total. The number of nitrogens with one attached hydrogen (secondary N) is 1. The molecule has 0 bridgehead atoms. The van der Waals surface area contributed by atoms with Gasteiger partial charge in [-0.2, -0.15) is 4.31 Å². The summed E-state index contributed by atoms with van der Waals surface area (Å²) in [6, 6.07) is 5.33. The summed E-state index contributed by atoms with van der Waals surface area (Å²) >= 11 is 0. The van der Waals surface area contributed by atoms with Crippen LogP contribution in [0.25, 0.3) is 0 Å². The molecule has 1 aliphatic heterocycles. The Morgan fingerprint density at radius 3 is 2.54 bits per heavy atom. The monoisotopic (exact) mass is 379 g/mol. The van der Waals surface area contributed by atoms with E-state index in [9.17, 15) is 13.2 Å². The maximum absolute atomic E-state index is 13.0. The van der Waals surface area contributed by atoms with Gasteiger partial charge < -0.3 is 5.32 Å². The predicted molar refractivity (Wildman–Crippen MR) is 102 cm³/mol. The number of sulfonamides is 1. The molecule has 144 valence electrons. The van der Waals surface area contributed by atoms with E-state index in [1.165, 1.54) is 11.1 Å². The van der Waals surface area contributed by atoms with Gasteiger partial charge in [0.05, 0.1) is 10.9 Å². The van der Waals surface area contributed by atoms with Gasteiger partial charge in [-0.1, -0.05) is 13.0 Å². The zero-order valence-corrected chi connectivity index (χ0v) is 16.5. The van der Waals surface area contributed by atoms with E-state index in [-0.39, 0.29) is 11.9 Å². The Balaban J connectivity index is 1.63. The zero-order chi connectivity index (χ0) is 18.7. The van der Waals surface area contributed by atoms with Crippen molar-refractivity contribution in [3.05, 3.63) is 29.3 Å². The molecular formula is C19H29N3O3S. The summed E-state index contributed by atoms with van der Waals surface area (Å²) in [5, 5.41) is 2.91. The summed E-state index contributed by atoms with van der Waals surface area (Å²) < 4.78 is 27.5.